The number of nitrogens with two attached hydrogens (primary N) is 1. The number of rotatable bonds is 1. The second kappa shape index (κ2) is 3.24. The fourth-order valence-electron chi connectivity index (χ4n) is 0.639. The van der Waals surface area contributed by atoms with Gasteiger partial charge in [0.15, 0.2) is 0 Å². The van der Waals surface area contributed by atoms with Gasteiger partial charge in [0.2, 0.25) is 0 Å². The molecule has 0 heterocycles. The molecule has 1 aromatic carbocycles. The van der Waals surface area contributed by atoms with Crippen LogP contribution in [0.2, 0.25) is 10.0 Å². The molecule has 0 aromatic heterocycles. The van der Waals surface area contributed by atoms with E-state index in [1.54, 1.807) is 17.4 Å². The smallest absolute Gasteiger partial charge is 0.104 e. The predicted octanol–water partition coefficient (Wildman–Crippen LogP) is 1.98. The largest absolute Gasteiger partial charge is 0.446 e. The number of hydrogen-bond acceptors (Lipinski definition) is 0. The molecule has 54 valence electrons. The van der Waals surface area contributed by atoms with E-state index in [2.05, 4.69) is 7.05 Å². The molecule has 1 rings (SSSR count). The first-order valence-electron chi connectivity index (χ1n) is 2.81. The summed E-state index contributed by atoms with van der Waals surface area (Å²) in [6.45, 7) is 0. The monoisotopic (exact) mass is 175 g/mol. The van der Waals surface area contributed by atoms with E-state index < -0.39 is 0 Å². The maximum Gasteiger partial charge on any atom is 0.104 e. The van der Waals surface area contributed by atoms with Gasteiger partial charge in [0, 0.05) is 6.07 Å². The molecule has 0 aliphatic carbocycles. The first-order chi connectivity index (χ1) is 4.74. The Morgan fingerprint density at radius 3 is 2.40 bits per heavy atom. The van der Waals surface area contributed by atoms with Crippen molar-refractivity contribution in [2.24, 2.45) is 0 Å². The Labute approximate surface area is 70.0 Å². The molecule has 3 heteroatoms. The van der Waals surface area contributed by atoms with Crippen molar-refractivity contribution >= 4 is 28.9 Å². The molecule has 2 N–H and O–H groups in total. The lowest BCUT2D eigenvalue weighted by Crippen LogP contribution is -2.69. The van der Waals surface area contributed by atoms with Crippen molar-refractivity contribution in [2.75, 3.05) is 0 Å². The van der Waals surface area contributed by atoms with Crippen LogP contribution in [0.1, 0.15) is 0 Å². The van der Waals surface area contributed by atoms with Crippen molar-refractivity contribution in [3.05, 3.63) is 35.3 Å². The van der Waals surface area contributed by atoms with E-state index >= 15 is 0 Å². The summed E-state index contributed by atoms with van der Waals surface area (Å²) in [6.07, 6.45) is 0. The van der Waals surface area contributed by atoms with Crippen molar-refractivity contribution in [2.45, 2.75) is 0 Å². The third-order valence-corrected chi connectivity index (χ3v) is 1.92. The molecule has 10 heavy (non-hydrogen) atoms. The highest BCUT2D eigenvalue weighted by Crippen LogP contribution is 2.22. The lowest BCUT2D eigenvalue weighted by molar-refractivity contribution is -0.504. The van der Waals surface area contributed by atoms with Crippen LogP contribution in [0.3, 0.4) is 0 Å². The molecular weight excluding hydrogens is 169 g/mol. The van der Waals surface area contributed by atoms with Crippen LogP contribution in [-0.2, 0) is 0 Å². The Bertz CT molecular complexity index is 235. The van der Waals surface area contributed by atoms with Gasteiger partial charge in [-0.3, -0.25) is 0 Å². The molecule has 0 bridgehead atoms. The molecule has 0 spiro atoms. The summed E-state index contributed by atoms with van der Waals surface area (Å²) in [5.74, 6) is 0. The number of quaternary nitrogens is 1. The zero-order chi connectivity index (χ0) is 7.56. The number of benzene rings is 1. The molecule has 0 radical (unpaired) electrons. The average Bonchev–Trinajstić information content (AvgIpc) is 1.95. The van der Waals surface area contributed by atoms with Crippen LogP contribution in [-0.4, -0.2) is 0 Å². The highest BCUT2D eigenvalue weighted by molar-refractivity contribution is 6.42. The summed E-state index contributed by atoms with van der Waals surface area (Å²) in [4.78, 5) is 0. The SMILES string of the molecule is [CH2-][NH2+]c1ccc(Cl)c(Cl)c1. The first-order valence-corrected chi connectivity index (χ1v) is 3.57. The van der Waals surface area contributed by atoms with Gasteiger partial charge in [-0.05, 0) is 12.1 Å². The molecule has 0 aliphatic rings. The summed E-state index contributed by atoms with van der Waals surface area (Å²) >= 11 is 11.4. The van der Waals surface area contributed by atoms with E-state index in [0.29, 0.717) is 10.0 Å². The first kappa shape index (κ1) is 7.86. The highest BCUT2D eigenvalue weighted by atomic mass is 35.5. The average molecular weight is 176 g/mol. The predicted molar refractivity (Wildman–Crippen MR) is 43.4 cm³/mol. The third kappa shape index (κ3) is 1.63. The Hall–Kier alpha value is -0.240. The second-order valence-corrected chi connectivity index (χ2v) is 2.69. The van der Waals surface area contributed by atoms with Crippen LogP contribution in [0.15, 0.2) is 18.2 Å². The van der Waals surface area contributed by atoms with Crippen LogP contribution in [0.5, 0.6) is 0 Å². The minimum absolute atomic E-state index is 0.569. The van der Waals surface area contributed by atoms with E-state index in [9.17, 15) is 0 Å². The van der Waals surface area contributed by atoms with Gasteiger partial charge in [-0.25, -0.2) is 0 Å². The summed E-state index contributed by atoms with van der Waals surface area (Å²) in [5, 5.41) is 2.87. The molecule has 0 unspecified atom stereocenters. The minimum atomic E-state index is 0.569. The van der Waals surface area contributed by atoms with E-state index in [0.717, 1.165) is 5.69 Å². The zero-order valence-corrected chi connectivity index (χ0v) is 6.78. The van der Waals surface area contributed by atoms with Crippen molar-refractivity contribution < 1.29 is 5.32 Å². The van der Waals surface area contributed by atoms with E-state index in [4.69, 9.17) is 23.2 Å². The lowest BCUT2D eigenvalue weighted by atomic mass is 10.3. The molecule has 1 nitrogen and oxygen atoms in total. The Morgan fingerprint density at radius 2 is 1.90 bits per heavy atom. The number of halogens is 2. The van der Waals surface area contributed by atoms with Crippen LogP contribution >= 0.6 is 23.2 Å². The summed E-state index contributed by atoms with van der Waals surface area (Å²) < 4.78 is 0. The number of hydrogen-bond donors (Lipinski definition) is 1. The van der Waals surface area contributed by atoms with Crippen LogP contribution in [0.4, 0.5) is 5.69 Å². The quantitative estimate of drug-likeness (QED) is 0.497. The van der Waals surface area contributed by atoms with Gasteiger partial charge in [-0.2, -0.15) is 0 Å². The van der Waals surface area contributed by atoms with Gasteiger partial charge < -0.3 is 5.32 Å². The van der Waals surface area contributed by atoms with Crippen molar-refractivity contribution in [3.8, 4) is 0 Å². The molecular formula is C7H7Cl2N. The topological polar surface area (TPSA) is 16.6 Å². The van der Waals surface area contributed by atoms with Crippen molar-refractivity contribution in [3.63, 3.8) is 0 Å². The maximum atomic E-state index is 5.71. The standard InChI is InChI=1S/C7H7Cl2N/c1-10-5-2-3-6(8)7(9)4-5/h2-4H,1,10H2. The van der Waals surface area contributed by atoms with Crippen LogP contribution < -0.4 is 5.32 Å². The Kier molecular flexibility index (Phi) is 2.55. The molecule has 0 amide bonds. The van der Waals surface area contributed by atoms with Gasteiger partial charge in [0.05, 0.1) is 10.0 Å². The molecule has 0 aliphatic heterocycles. The van der Waals surface area contributed by atoms with Gasteiger partial charge in [-0.1, -0.05) is 23.2 Å². The van der Waals surface area contributed by atoms with Crippen LogP contribution in [0, 0.1) is 7.05 Å². The van der Waals surface area contributed by atoms with Gasteiger partial charge >= 0.3 is 0 Å². The molecule has 0 saturated carbocycles. The maximum absolute atomic E-state index is 5.71. The molecule has 1 aromatic rings. The second-order valence-electron chi connectivity index (χ2n) is 1.88. The zero-order valence-electron chi connectivity index (χ0n) is 5.27. The Morgan fingerprint density at radius 1 is 1.20 bits per heavy atom. The van der Waals surface area contributed by atoms with E-state index in [1.165, 1.54) is 0 Å². The minimum Gasteiger partial charge on any atom is -0.446 e. The third-order valence-electron chi connectivity index (χ3n) is 1.18. The molecule has 0 saturated heterocycles. The fourth-order valence-corrected chi connectivity index (χ4v) is 0.946. The molecule has 0 atom stereocenters. The fraction of sp³-hybridized carbons (Fsp3) is 0. The van der Waals surface area contributed by atoms with Crippen molar-refractivity contribution in [1.82, 2.24) is 0 Å². The highest BCUT2D eigenvalue weighted by Gasteiger charge is 1.97. The summed E-state index contributed by atoms with van der Waals surface area (Å²) in [5.41, 5.74) is 0.981. The van der Waals surface area contributed by atoms with Crippen molar-refractivity contribution in [1.29, 1.82) is 0 Å². The van der Waals surface area contributed by atoms with E-state index in [-0.39, 0.29) is 0 Å². The van der Waals surface area contributed by atoms with Gasteiger partial charge in [0.1, 0.15) is 5.69 Å². The van der Waals surface area contributed by atoms with Gasteiger partial charge in [0.25, 0.3) is 0 Å². The lowest BCUT2D eigenvalue weighted by Gasteiger charge is -1.99. The normalized spacial score (nSPS) is 9.90. The molecule has 0 fully saturated rings. The van der Waals surface area contributed by atoms with Crippen LogP contribution in [0.25, 0.3) is 0 Å². The Balaban J connectivity index is 3.04. The summed E-state index contributed by atoms with van der Waals surface area (Å²) in [7, 11) is 3.60. The van der Waals surface area contributed by atoms with Gasteiger partial charge in [-0.15, -0.1) is 7.05 Å². The summed E-state index contributed by atoms with van der Waals surface area (Å²) in [6, 6.07) is 5.39. The van der Waals surface area contributed by atoms with E-state index in [1.807, 2.05) is 6.07 Å².